The standard InChI is InChI=1S/C17H22O2/c1-5-15(18)12-17(3,4)16(6-2)19-13-14-10-8-7-9-11-14/h1,6-11,15-16,18H,2,12-13H2,3-4H3. The highest BCUT2D eigenvalue weighted by Gasteiger charge is 2.30. The molecule has 0 saturated carbocycles. The van der Waals surface area contributed by atoms with Crippen molar-refractivity contribution in [2.45, 2.75) is 39.1 Å². The fourth-order valence-corrected chi connectivity index (χ4v) is 2.05. The first kappa shape index (κ1) is 15.5. The van der Waals surface area contributed by atoms with Crippen LogP contribution in [0.3, 0.4) is 0 Å². The van der Waals surface area contributed by atoms with Gasteiger partial charge in [-0.2, -0.15) is 0 Å². The Morgan fingerprint density at radius 1 is 1.42 bits per heavy atom. The number of hydrogen-bond donors (Lipinski definition) is 1. The highest BCUT2D eigenvalue weighted by atomic mass is 16.5. The van der Waals surface area contributed by atoms with Crippen molar-refractivity contribution in [1.82, 2.24) is 0 Å². The van der Waals surface area contributed by atoms with E-state index < -0.39 is 6.10 Å². The van der Waals surface area contributed by atoms with Crippen LogP contribution in [0.5, 0.6) is 0 Å². The fraction of sp³-hybridized carbons (Fsp3) is 0.412. The first-order valence-corrected chi connectivity index (χ1v) is 6.42. The average Bonchev–Trinajstić information content (AvgIpc) is 2.39. The smallest absolute Gasteiger partial charge is 0.115 e. The second-order valence-corrected chi connectivity index (χ2v) is 5.33. The molecule has 0 bridgehead atoms. The molecule has 1 N–H and O–H groups in total. The third-order valence-corrected chi connectivity index (χ3v) is 3.17. The molecule has 1 aromatic rings. The van der Waals surface area contributed by atoms with Crippen molar-refractivity contribution in [1.29, 1.82) is 0 Å². The molecule has 0 aliphatic carbocycles. The van der Waals surface area contributed by atoms with Crippen LogP contribution in [0, 0.1) is 17.8 Å². The highest BCUT2D eigenvalue weighted by molar-refractivity contribution is 5.13. The van der Waals surface area contributed by atoms with E-state index in [9.17, 15) is 5.11 Å². The number of aliphatic hydroxyl groups excluding tert-OH is 1. The molecule has 0 spiro atoms. The SMILES string of the molecule is C#CC(O)CC(C)(C)C(C=C)OCc1ccccc1. The molecule has 0 aliphatic heterocycles. The third-order valence-electron chi connectivity index (χ3n) is 3.17. The maximum absolute atomic E-state index is 9.60. The van der Waals surface area contributed by atoms with Crippen LogP contribution >= 0.6 is 0 Å². The molecular formula is C17H22O2. The molecule has 2 atom stereocenters. The molecule has 0 saturated heterocycles. The van der Waals surface area contributed by atoms with Crippen LogP contribution in [-0.4, -0.2) is 17.3 Å². The molecule has 2 unspecified atom stereocenters. The van der Waals surface area contributed by atoms with E-state index in [0.29, 0.717) is 13.0 Å². The zero-order chi connectivity index (χ0) is 14.3. The monoisotopic (exact) mass is 258 g/mol. The van der Waals surface area contributed by atoms with Crippen LogP contribution in [-0.2, 0) is 11.3 Å². The number of rotatable bonds is 7. The predicted molar refractivity (Wildman–Crippen MR) is 78.5 cm³/mol. The largest absolute Gasteiger partial charge is 0.380 e. The van der Waals surface area contributed by atoms with E-state index in [0.717, 1.165) is 5.56 Å². The van der Waals surface area contributed by atoms with E-state index in [1.54, 1.807) is 6.08 Å². The normalized spacial score (nSPS) is 14.4. The Bertz CT molecular complexity index is 428. The Balaban J connectivity index is 2.62. The summed E-state index contributed by atoms with van der Waals surface area (Å²) in [4.78, 5) is 0. The minimum atomic E-state index is -0.752. The summed E-state index contributed by atoms with van der Waals surface area (Å²) in [6, 6.07) is 9.97. The number of aliphatic hydroxyl groups is 1. The lowest BCUT2D eigenvalue weighted by molar-refractivity contribution is -0.0199. The van der Waals surface area contributed by atoms with Crippen LogP contribution in [0.15, 0.2) is 43.0 Å². The van der Waals surface area contributed by atoms with Crippen molar-refractivity contribution in [3.05, 3.63) is 48.6 Å². The van der Waals surface area contributed by atoms with E-state index >= 15 is 0 Å². The summed E-state index contributed by atoms with van der Waals surface area (Å²) < 4.78 is 5.89. The molecule has 1 aromatic carbocycles. The van der Waals surface area contributed by atoms with Crippen molar-refractivity contribution >= 4 is 0 Å². The van der Waals surface area contributed by atoms with Crippen LogP contribution in [0.1, 0.15) is 25.8 Å². The fourth-order valence-electron chi connectivity index (χ4n) is 2.05. The lowest BCUT2D eigenvalue weighted by atomic mass is 9.81. The average molecular weight is 258 g/mol. The van der Waals surface area contributed by atoms with Gasteiger partial charge in [0.25, 0.3) is 0 Å². The maximum Gasteiger partial charge on any atom is 0.115 e. The Morgan fingerprint density at radius 2 is 2.05 bits per heavy atom. The van der Waals surface area contributed by atoms with Crippen molar-refractivity contribution < 1.29 is 9.84 Å². The van der Waals surface area contributed by atoms with Gasteiger partial charge in [0.05, 0.1) is 12.7 Å². The van der Waals surface area contributed by atoms with Crippen molar-refractivity contribution in [3.8, 4) is 12.3 Å². The molecule has 19 heavy (non-hydrogen) atoms. The molecule has 102 valence electrons. The quantitative estimate of drug-likeness (QED) is 0.601. The van der Waals surface area contributed by atoms with Crippen molar-refractivity contribution in [3.63, 3.8) is 0 Å². The zero-order valence-electron chi connectivity index (χ0n) is 11.7. The Labute approximate surface area is 116 Å². The number of benzene rings is 1. The van der Waals surface area contributed by atoms with Gasteiger partial charge in [-0.1, -0.05) is 56.2 Å². The van der Waals surface area contributed by atoms with Gasteiger partial charge >= 0.3 is 0 Å². The third kappa shape index (κ3) is 4.90. The molecular weight excluding hydrogens is 236 g/mol. The lowest BCUT2D eigenvalue weighted by Crippen LogP contribution is -2.33. The lowest BCUT2D eigenvalue weighted by Gasteiger charge is -2.33. The van der Waals surface area contributed by atoms with Gasteiger partial charge in [-0.05, 0) is 17.4 Å². The number of ether oxygens (including phenoxy) is 1. The summed E-state index contributed by atoms with van der Waals surface area (Å²) in [7, 11) is 0. The van der Waals surface area contributed by atoms with Crippen LogP contribution in [0.2, 0.25) is 0 Å². The Hall–Kier alpha value is -1.56. The van der Waals surface area contributed by atoms with E-state index in [4.69, 9.17) is 11.2 Å². The Kier molecular flexibility index (Phi) is 5.82. The molecule has 1 rings (SSSR count). The van der Waals surface area contributed by atoms with Gasteiger partial charge < -0.3 is 9.84 Å². The summed E-state index contributed by atoms with van der Waals surface area (Å²) in [5.74, 6) is 2.34. The minimum Gasteiger partial charge on any atom is -0.380 e. The molecule has 2 nitrogen and oxygen atoms in total. The van der Waals surface area contributed by atoms with E-state index in [2.05, 4.69) is 12.5 Å². The second kappa shape index (κ2) is 7.13. The molecule has 0 fully saturated rings. The van der Waals surface area contributed by atoms with Gasteiger partial charge in [0.1, 0.15) is 6.10 Å². The van der Waals surface area contributed by atoms with Gasteiger partial charge in [-0.15, -0.1) is 13.0 Å². The van der Waals surface area contributed by atoms with Crippen LogP contribution in [0.25, 0.3) is 0 Å². The minimum absolute atomic E-state index is 0.157. The molecule has 0 radical (unpaired) electrons. The topological polar surface area (TPSA) is 29.5 Å². The Morgan fingerprint density at radius 3 is 2.58 bits per heavy atom. The molecule has 0 amide bonds. The van der Waals surface area contributed by atoms with E-state index in [1.807, 2.05) is 44.2 Å². The number of hydrogen-bond acceptors (Lipinski definition) is 2. The molecule has 2 heteroatoms. The highest BCUT2D eigenvalue weighted by Crippen LogP contribution is 2.30. The second-order valence-electron chi connectivity index (χ2n) is 5.33. The van der Waals surface area contributed by atoms with E-state index in [-0.39, 0.29) is 11.5 Å². The van der Waals surface area contributed by atoms with Gasteiger partial charge in [0, 0.05) is 0 Å². The molecule has 0 heterocycles. The van der Waals surface area contributed by atoms with Crippen molar-refractivity contribution in [2.75, 3.05) is 0 Å². The van der Waals surface area contributed by atoms with Gasteiger partial charge in [-0.25, -0.2) is 0 Å². The first-order valence-electron chi connectivity index (χ1n) is 6.42. The maximum atomic E-state index is 9.60. The summed E-state index contributed by atoms with van der Waals surface area (Å²) in [6.07, 6.45) is 6.56. The zero-order valence-corrected chi connectivity index (χ0v) is 11.7. The van der Waals surface area contributed by atoms with Gasteiger partial charge in [0.2, 0.25) is 0 Å². The van der Waals surface area contributed by atoms with E-state index in [1.165, 1.54) is 0 Å². The summed E-state index contributed by atoms with van der Waals surface area (Å²) in [5, 5.41) is 9.60. The number of terminal acetylenes is 1. The van der Waals surface area contributed by atoms with Crippen LogP contribution in [0.4, 0.5) is 0 Å². The van der Waals surface area contributed by atoms with Crippen LogP contribution < -0.4 is 0 Å². The predicted octanol–water partition coefficient (Wildman–Crippen LogP) is 3.17. The summed E-state index contributed by atoms with van der Waals surface area (Å²) in [6.45, 7) is 8.37. The first-order chi connectivity index (χ1) is 8.99. The van der Waals surface area contributed by atoms with Gasteiger partial charge in [0.15, 0.2) is 0 Å². The molecule has 0 aliphatic rings. The molecule has 0 aromatic heterocycles. The summed E-state index contributed by atoms with van der Waals surface area (Å²) in [5.41, 5.74) is 0.852. The summed E-state index contributed by atoms with van der Waals surface area (Å²) >= 11 is 0. The van der Waals surface area contributed by atoms with Gasteiger partial charge in [-0.3, -0.25) is 0 Å². The van der Waals surface area contributed by atoms with Crippen molar-refractivity contribution in [2.24, 2.45) is 5.41 Å².